The molecule has 0 aromatic carbocycles. The molecule has 2 rings (SSSR count). The predicted octanol–water partition coefficient (Wildman–Crippen LogP) is 1.76. The molecule has 6 heteroatoms. The van der Waals surface area contributed by atoms with Crippen molar-refractivity contribution in [2.24, 2.45) is 5.92 Å². The van der Waals surface area contributed by atoms with Gasteiger partial charge in [-0.2, -0.15) is 0 Å². The highest BCUT2D eigenvalue weighted by molar-refractivity contribution is 7.09. The van der Waals surface area contributed by atoms with Crippen molar-refractivity contribution in [3.63, 3.8) is 0 Å². The predicted molar refractivity (Wildman–Crippen MR) is 83.1 cm³/mol. The molecule has 5 nitrogen and oxygen atoms in total. The number of carbonyl (C=O) groups excluding carboxylic acids is 2. The lowest BCUT2D eigenvalue weighted by molar-refractivity contribution is -0.128. The summed E-state index contributed by atoms with van der Waals surface area (Å²) < 4.78 is 0. The van der Waals surface area contributed by atoms with Gasteiger partial charge in [0.05, 0.1) is 17.1 Å². The molecular weight excluding hydrogens is 286 g/mol. The summed E-state index contributed by atoms with van der Waals surface area (Å²) in [7, 11) is 1.77. The van der Waals surface area contributed by atoms with E-state index in [4.69, 9.17) is 0 Å². The summed E-state index contributed by atoms with van der Waals surface area (Å²) in [4.78, 5) is 31.2. The lowest BCUT2D eigenvalue weighted by Crippen LogP contribution is -2.47. The van der Waals surface area contributed by atoms with Gasteiger partial charge in [0, 0.05) is 30.4 Å². The van der Waals surface area contributed by atoms with E-state index in [-0.39, 0.29) is 17.7 Å². The van der Waals surface area contributed by atoms with Crippen molar-refractivity contribution in [3.05, 3.63) is 16.1 Å². The maximum atomic E-state index is 12.3. The van der Waals surface area contributed by atoms with Gasteiger partial charge in [-0.3, -0.25) is 9.59 Å². The molecule has 1 aromatic heterocycles. The van der Waals surface area contributed by atoms with Crippen LogP contribution in [-0.4, -0.2) is 40.8 Å². The molecule has 116 valence electrons. The Morgan fingerprint density at radius 1 is 1.57 bits per heavy atom. The number of carbonyl (C=O) groups is 2. The first-order chi connectivity index (χ1) is 9.84. The first-order valence-corrected chi connectivity index (χ1v) is 8.15. The van der Waals surface area contributed by atoms with Gasteiger partial charge in [0.2, 0.25) is 11.8 Å². The molecular formula is C15H23N3O2S. The minimum atomic E-state index is -0.407. The second kappa shape index (κ2) is 6.13. The van der Waals surface area contributed by atoms with Gasteiger partial charge in [-0.15, -0.1) is 11.3 Å². The first-order valence-electron chi connectivity index (χ1n) is 7.27. The van der Waals surface area contributed by atoms with E-state index in [0.29, 0.717) is 13.0 Å². The number of likely N-dealkylation sites (tertiary alicyclic amines) is 1. The molecule has 21 heavy (non-hydrogen) atoms. The van der Waals surface area contributed by atoms with Crippen molar-refractivity contribution < 1.29 is 9.59 Å². The number of thiazole rings is 1. The van der Waals surface area contributed by atoms with Gasteiger partial charge >= 0.3 is 0 Å². The van der Waals surface area contributed by atoms with E-state index in [1.165, 1.54) is 4.88 Å². The Morgan fingerprint density at radius 2 is 2.29 bits per heavy atom. The summed E-state index contributed by atoms with van der Waals surface area (Å²) in [6, 6.07) is 0. The zero-order valence-corrected chi connectivity index (χ0v) is 13.9. The van der Waals surface area contributed by atoms with Crippen LogP contribution in [0.25, 0.3) is 0 Å². The molecule has 2 heterocycles. The first kappa shape index (κ1) is 15.9. The van der Waals surface area contributed by atoms with Gasteiger partial charge in [0.25, 0.3) is 0 Å². The van der Waals surface area contributed by atoms with Crippen LogP contribution in [0.4, 0.5) is 0 Å². The Hall–Kier alpha value is -1.43. The number of aryl methyl sites for hydroxylation is 2. The van der Waals surface area contributed by atoms with Crippen molar-refractivity contribution >= 4 is 23.2 Å². The van der Waals surface area contributed by atoms with Crippen molar-refractivity contribution in [3.8, 4) is 0 Å². The molecule has 1 atom stereocenters. The van der Waals surface area contributed by atoms with Crippen LogP contribution >= 0.6 is 11.3 Å². The fraction of sp³-hybridized carbons (Fsp3) is 0.667. The van der Waals surface area contributed by atoms with Crippen LogP contribution in [0.15, 0.2) is 5.51 Å². The standard InChI is InChI=1S/C15H23N3O2S/c1-10-12(21-9-17-10)6-5-7-16-14(20)11-8-13(19)18(4)15(11,2)3/h9,11H,5-8H2,1-4H3,(H,16,20)/t11-/m1/s1. The van der Waals surface area contributed by atoms with Crippen LogP contribution in [-0.2, 0) is 16.0 Å². The topological polar surface area (TPSA) is 62.3 Å². The third-order valence-electron chi connectivity index (χ3n) is 4.51. The van der Waals surface area contributed by atoms with Crippen LogP contribution in [0.5, 0.6) is 0 Å². The van der Waals surface area contributed by atoms with Crippen molar-refractivity contribution in [1.82, 2.24) is 15.2 Å². The molecule has 0 bridgehead atoms. The molecule has 0 spiro atoms. The van der Waals surface area contributed by atoms with Crippen molar-refractivity contribution in [2.75, 3.05) is 13.6 Å². The van der Waals surface area contributed by atoms with Crippen LogP contribution in [0.3, 0.4) is 0 Å². The average molecular weight is 309 g/mol. The Balaban J connectivity index is 1.80. The van der Waals surface area contributed by atoms with Gasteiger partial charge in [0.15, 0.2) is 0 Å². The van der Waals surface area contributed by atoms with Crippen LogP contribution in [0.1, 0.15) is 37.3 Å². The Bertz CT molecular complexity index is 539. The van der Waals surface area contributed by atoms with E-state index in [0.717, 1.165) is 18.5 Å². The Labute approximate surface area is 129 Å². The molecule has 1 saturated heterocycles. The number of aromatic nitrogens is 1. The van der Waals surface area contributed by atoms with Gasteiger partial charge < -0.3 is 10.2 Å². The fourth-order valence-corrected chi connectivity index (χ4v) is 3.50. The SMILES string of the molecule is Cc1ncsc1CCCNC(=O)[C@H]1CC(=O)N(C)C1(C)C. The summed E-state index contributed by atoms with van der Waals surface area (Å²) in [5, 5.41) is 2.97. The lowest BCUT2D eigenvalue weighted by atomic mass is 9.88. The summed E-state index contributed by atoms with van der Waals surface area (Å²) in [5.41, 5.74) is 2.52. The molecule has 1 fully saturated rings. The van der Waals surface area contributed by atoms with Gasteiger partial charge in [-0.05, 0) is 33.6 Å². The molecule has 0 aliphatic carbocycles. The molecule has 1 aliphatic heterocycles. The average Bonchev–Trinajstić information content (AvgIpc) is 2.92. The summed E-state index contributed by atoms with van der Waals surface area (Å²) in [6.07, 6.45) is 2.14. The van der Waals surface area contributed by atoms with E-state index >= 15 is 0 Å². The zero-order valence-electron chi connectivity index (χ0n) is 13.1. The number of hydrogen-bond donors (Lipinski definition) is 1. The van der Waals surface area contributed by atoms with Crippen LogP contribution in [0.2, 0.25) is 0 Å². The third-order valence-corrected chi connectivity index (χ3v) is 5.51. The lowest BCUT2D eigenvalue weighted by Gasteiger charge is -2.32. The molecule has 0 saturated carbocycles. The number of hydrogen-bond acceptors (Lipinski definition) is 4. The molecule has 2 amide bonds. The largest absolute Gasteiger partial charge is 0.356 e. The highest BCUT2D eigenvalue weighted by Gasteiger charge is 2.47. The highest BCUT2D eigenvalue weighted by Crippen LogP contribution is 2.34. The van der Waals surface area contributed by atoms with E-state index in [1.807, 2.05) is 26.3 Å². The molecule has 1 N–H and O–H groups in total. The van der Waals surface area contributed by atoms with Gasteiger partial charge in [-0.1, -0.05) is 0 Å². The van der Waals surface area contributed by atoms with Crippen LogP contribution in [0, 0.1) is 12.8 Å². The minimum Gasteiger partial charge on any atom is -0.356 e. The summed E-state index contributed by atoms with van der Waals surface area (Å²) >= 11 is 1.66. The maximum Gasteiger partial charge on any atom is 0.225 e. The van der Waals surface area contributed by atoms with Crippen LogP contribution < -0.4 is 5.32 Å². The van der Waals surface area contributed by atoms with E-state index in [9.17, 15) is 9.59 Å². The van der Waals surface area contributed by atoms with E-state index < -0.39 is 5.54 Å². The smallest absolute Gasteiger partial charge is 0.225 e. The number of rotatable bonds is 5. The van der Waals surface area contributed by atoms with Crippen molar-refractivity contribution in [1.29, 1.82) is 0 Å². The fourth-order valence-electron chi connectivity index (χ4n) is 2.68. The monoisotopic (exact) mass is 309 g/mol. The molecule has 1 aliphatic rings. The second-order valence-electron chi connectivity index (χ2n) is 6.12. The highest BCUT2D eigenvalue weighted by atomic mass is 32.1. The molecule has 0 unspecified atom stereocenters. The molecule has 0 radical (unpaired) electrons. The Kier molecular flexibility index (Phi) is 4.66. The third kappa shape index (κ3) is 3.26. The summed E-state index contributed by atoms with van der Waals surface area (Å²) in [5.74, 6) is -0.237. The summed E-state index contributed by atoms with van der Waals surface area (Å²) in [6.45, 7) is 6.54. The minimum absolute atomic E-state index is 0.0151. The van der Waals surface area contributed by atoms with E-state index in [1.54, 1.807) is 23.3 Å². The zero-order chi connectivity index (χ0) is 15.6. The van der Waals surface area contributed by atoms with E-state index in [2.05, 4.69) is 10.3 Å². The van der Waals surface area contributed by atoms with Gasteiger partial charge in [0.1, 0.15) is 0 Å². The molecule has 1 aromatic rings. The quantitative estimate of drug-likeness (QED) is 0.843. The second-order valence-corrected chi connectivity index (χ2v) is 7.06. The number of amides is 2. The van der Waals surface area contributed by atoms with Gasteiger partial charge in [-0.25, -0.2) is 4.98 Å². The number of nitrogens with zero attached hydrogens (tertiary/aromatic N) is 2. The maximum absolute atomic E-state index is 12.3. The Morgan fingerprint density at radius 3 is 2.81 bits per heavy atom. The number of nitrogens with one attached hydrogen (secondary N) is 1. The van der Waals surface area contributed by atoms with Crippen molar-refractivity contribution in [2.45, 2.75) is 45.6 Å². The normalized spacial score (nSPS) is 20.9.